The molecule has 0 aliphatic heterocycles. The van der Waals surface area contributed by atoms with Crippen molar-refractivity contribution in [1.29, 1.82) is 15.9 Å². The van der Waals surface area contributed by atoms with Crippen molar-refractivity contribution < 1.29 is 4.79 Å². The van der Waals surface area contributed by atoms with Crippen molar-refractivity contribution in [1.82, 2.24) is 0 Å². The second-order valence-corrected chi connectivity index (χ2v) is 4.41. The molecule has 0 aromatic rings. The SMILES string of the molecule is CC(=O)C1(CCC#N)CCC(=N)C(C#N)C1. The second kappa shape index (κ2) is 4.90. The summed E-state index contributed by atoms with van der Waals surface area (Å²) in [6.45, 7) is 1.53. The molecule has 1 fully saturated rings. The van der Waals surface area contributed by atoms with Crippen LogP contribution in [-0.4, -0.2) is 11.5 Å². The highest BCUT2D eigenvalue weighted by Crippen LogP contribution is 2.42. The summed E-state index contributed by atoms with van der Waals surface area (Å²) in [5, 5.41) is 25.2. The first-order valence-electron chi connectivity index (χ1n) is 5.40. The molecule has 0 radical (unpaired) electrons. The highest BCUT2D eigenvalue weighted by molar-refractivity contribution is 5.91. The van der Waals surface area contributed by atoms with Gasteiger partial charge in [0.05, 0.1) is 18.1 Å². The average Bonchev–Trinajstić information content (AvgIpc) is 2.28. The summed E-state index contributed by atoms with van der Waals surface area (Å²) in [6.07, 6.45) is 2.39. The number of rotatable bonds is 3. The van der Waals surface area contributed by atoms with Gasteiger partial charge < -0.3 is 5.41 Å². The molecule has 1 rings (SSSR count). The Morgan fingerprint density at radius 3 is 2.81 bits per heavy atom. The fourth-order valence-electron chi connectivity index (χ4n) is 2.31. The van der Waals surface area contributed by atoms with E-state index in [0.717, 1.165) is 0 Å². The Bertz CT molecular complexity index is 388. The van der Waals surface area contributed by atoms with Gasteiger partial charge in [-0.05, 0) is 32.6 Å². The Balaban J connectivity index is 2.88. The first-order chi connectivity index (χ1) is 7.55. The lowest BCUT2D eigenvalue weighted by molar-refractivity contribution is -0.128. The molecule has 0 bridgehead atoms. The molecule has 16 heavy (non-hydrogen) atoms. The Labute approximate surface area is 95.4 Å². The molecular weight excluding hydrogens is 202 g/mol. The molecule has 1 saturated carbocycles. The van der Waals surface area contributed by atoms with Crippen molar-refractivity contribution in [3.05, 3.63) is 0 Å². The van der Waals surface area contributed by atoms with E-state index in [1.54, 1.807) is 0 Å². The van der Waals surface area contributed by atoms with Crippen LogP contribution in [0.4, 0.5) is 0 Å². The fourth-order valence-corrected chi connectivity index (χ4v) is 2.31. The van der Waals surface area contributed by atoms with Crippen LogP contribution in [0.15, 0.2) is 0 Å². The molecule has 0 saturated heterocycles. The van der Waals surface area contributed by atoms with E-state index in [1.807, 2.05) is 6.07 Å². The molecule has 1 aliphatic carbocycles. The number of hydrogen-bond donors (Lipinski definition) is 1. The Kier molecular flexibility index (Phi) is 3.79. The second-order valence-electron chi connectivity index (χ2n) is 4.41. The van der Waals surface area contributed by atoms with Gasteiger partial charge >= 0.3 is 0 Å². The molecule has 1 aliphatic rings. The number of nitriles is 2. The molecule has 4 nitrogen and oxygen atoms in total. The van der Waals surface area contributed by atoms with Crippen LogP contribution in [-0.2, 0) is 4.79 Å². The van der Waals surface area contributed by atoms with Gasteiger partial charge in [0.25, 0.3) is 0 Å². The van der Waals surface area contributed by atoms with Crippen LogP contribution >= 0.6 is 0 Å². The maximum Gasteiger partial charge on any atom is 0.136 e. The predicted molar refractivity (Wildman–Crippen MR) is 58.6 cm³/mol. The molecular formula is C12H15N3O. The molecule has 1 N–H and O–H groups in total. The third-order valence-corrected chi connectivity index (χ3v) is 3.51. The van der Waals surface area contributed by atoms with E-state index in [-0.39, 0.29) is 5.78 Å². The van der Waals surface area contributed by atoms with Crippen LogP contribution in [0.25, 0.3) is 0 Å². The van der Waals surface area contributed by atoms with Crippen molar-refractivity contribution >= 4 is 11.5 Å². The molecule has 2 unspecified atom stereocenters. The average molecular weight is 217 g/mol. The first kappa shape index (κ1) is 12.4. The summed E-state index contributed by atoms with van der Waals surface area (Å²) in [4.78, 5) is 11.7. The van der Waals surface area contributed by atoms with E-state index >= 15 is 0 Å². The summed E-state index contributed by atoms with van der Waals surface area (Å²) >= 11 is 0. The van der Waals surface area contributed by atoms with Crippen molar-refractivity contribution in [3.8, 4) is 12.1 Å². The molecule has 0 heterocycles. The number of ketones is 1. The van der Waals surface area contributed by atoms with Gasteiger partial charge in [-0.1, -0.05) is 0 Å². The van der Waals surface area contributed by atoms with E-state index in [4.69, 9.17) is 15.9 Å². The summed E-state index contributed by atoms with van der Waals surface area (Å²) in [5.74, 6) is -0.396. The molecule has 0 aromatic heterocycles. The smallest absolute Gasteiger partial charge is 0.136 e. The number of nitrogens with zero attached hydrogens (tertiary/aromatic N) is 2. The van der Waals surface area contributed by atoms with Gasteiger partial charge in [-0.15, -0.1) is 0 Å². The Morgan fingerprint density at radius 2 is 2.31 bits per heavy atom. The summed E-state index contributed by atoms with van der Waals surface area (Å²) < 4.78 is 0. The molecule has 0 aromatic carbocycles. The lowest BCUT2D eigenvalue weighted by Crippen LogP contribution is -2.38. The van der Waals surface area contributed by atoms with E-state index in [1.165, 1.54) is 6.92 Å². The minimum absolute atomic E-state index is 0.0514. The van der Waals surface area contributed by atoms with Gasteiger partial charge in [-0.25, -0.2) is 0 Å². The van der Waals surface area contributed by atoms with Crippen LogP contribution in [0.2, 0.25) is 0 Å². The normalized spacial score (nSPS) is 29.2. The van der Waals surface area contributed by atoms with Gasteiger partial charge in [0.2, 0.25) is 0 Å². The summed E-state index contributed by atoms with van der Waals surface area (Å²) in [5.41, 5.74) is -0.114. The van der Waals surface area contributed by atoms with Gasteiger partial charge in [0.15, 0.2) is 0 Å². The van der Waals surface area contributed by atoms with Crippen LogP contribution in [0.3, 0.4) is 0 Å². The van der Waals surface area contributed by atoms with Gasteiger partial charge in [-0.3, -0.25) is 4.79 Å². The predicted octanol–water partition coefficient (Wildman–Crippen LogP) is 2.21. The number of hydrogen-bond acceptors (Lipinski definition) is 4. The van der Waals surface area contributed by atoms with Crippen molar-refractivity contribution in [2.45, 2.75) is 39.0 Å². The summed E-state index contributed by atoms with van der Waals surface area (Å²) in [7, 11) is 0. The highest BCUT2D eigenvalue weighted by Gasteiger charge is 2.41. The Hall–Kier alpha value is -1.68. The van der Waals surface area contributed by atoms with E-state index in [0.29, 0.717) is 37.8 Å². The third-order valence-electron chi connectivity index (χ3n) is 3.51. The minimum Gasteiger partial charge on any atom is -0.308 e. The summed E-state index contributed by atoms with van der Waals surface area (Å²) in [6, 6.07) is 4.13. The maximum atomic E-state index is 11.7. The first-order valence-corrected chi connectivity index (χ1v) is 5.40. The lowest BCUT2D eigenvalue weighted by atomic mass is 9.65. The van der Waals surface area contributed by atoms with Crippen LogP contribution in [0.1, 0.15) is 39.0 Å². The third kappa shape index (κ3) is 2.28. The standard InChI is InChI=1S/C12H15N3O/c1-9(16)12(4-2-6-13)5-3-11(15)10(7-12)8-14/h10,15H,2-5,7H2,1H3. The largest absolute Gasteiger partial charge is 0.308 e. The van der Waals surface area contributed by atoms with Gasteiger partial charge in [0.1, 0.15) is 5.78 Å². The molecule has 0 spiro atoms. The maximum absolute atomic E-state index is 11.7. The number of nitrogens with one attached hydrogen (secondary N) is 1. The molecule has 2 atom stereocenters. The number of Topliss-reactive ketones (excluding diaryl/α,β-unsaturated/α-hetero) is 1. The lowest BCUT2D eigenvalue weighted by Gasteiger charge is -2.36. The topological polar surface area (TPSA) is 88.5 Å². The van der Waals surface area contributed by atoms with Gasteiger partial charge in [0, 0.05) is 17.5 Å². The zero-order valence-electron chi connectivity index (χ0n) is 9.42. The quantitative estimate of drug-likeness (QED) is 0.785. The van der Waals surface area contributed by atoms with Crippen molar-refractivity contribution in [2.75, 3.05) is 0 Å². The zero-order valence-corrected chi connectivity index (χ0v) is 9.42. The van der Waals surface area contributed by atoms with E-state index < -0.39 is 11.3 Å². The highest BCUT2D eigenvalue weighted by atomic mass is 16.1. The fraction of sp³-hybridized carbons (Fsp3) is 0.667. The van der Waals surface area contributed by atoms with Crippen LogP contribution in [0.5, 0.6) is 0 Å². The van der Waals surface area contributed by atoms with Crippen molar-refractivity contribution in [3.63, 3.8) is 0 Å². The number of carbonyl (C=O) groups is 1. The molecule has 4 heteroatoms. The Morgan fingerprint density at radius 1 is 1.62 bits per heavy atom. The van der Waals surface area contributed by atoms with E-state index in [9.17, 15) is 4.79 Å². The number of carbonyl (C=O) groups excluding carboxylic acids is 1. The van der Waals surface area contributed by atoms with Crippen LogP contribution < -0.4 is 0 Å². The molecule has 84 valence electrons. The molecule has 0 amide bonds. The monoisotopic (exact) mass is 217 g/mol. The van der Waals surface area contributed by atoms with E-state index in [2.05, 4.69) is 6.07 Å². The zero-order chi connectivity index (χ0) is 12.2. The van der Waals surface area contributed by atoms with Crippen molar-refractivity contribution in [2.24, 2.45) is 11.3 Å². The van der Waals surface area contributed by atoms with Crippen LogP contribution in [0, 0.1) is 39.4 Å². The minimum atomic E-state index is -0.541. The van der Waals surface area contributed by atoms with Gasteiger partial charge in [-0.2, -0.15) is 10.5 Å².